The van der Waals surface area contributed by atoms with E-state index >= 15 is 0 Å². The predicted octanol–water partition coefficient (Wildman–Crippen LogP) is 9.94. The molecule has 0 nitrogen and oxygen atoms in total. The van der Waals surface area contributed by atoms with Gasteiger partial charge in [0.25, 0.3) is 0 Å². The summed E-state index contributed by atoms with van der Waals surface area (Å²) in [4.78, 5) is 0. The first-order chi connectivity index (χ1) is 16.4. The number of hydrogen-bond acceptors (Lipinski definition) is 0. The summed E-state index contributed by atoms with van der Waals surface area (Å²) in [5, 5.41) is 0. The maximum absolute atomic E-state index is 2.43. The third-order valence-electron chi connectivity index (χ3n) is 7.27. The van der Waals surface area contributed by atoms with Gasteiger partial charge < -0.3 is 0 Å². The minimum atomic E-state index is -0.139. The summed E-state index contributed by atoms with van der Waals surface area (Å²) in [5.41, 5.74) is 10.7. The number of hydrogen-bond donors (Lipinski definition) is 0. The van der Waals surface area contributed by atoms with Crippen molar-refractivity contribution < 1.29 is 0 Å². The molecule has 180 valence electrons. The van der Waals surface area contributed by atoms with Crippen LogP contribution in [0.5, 0.6) is 0 Å². The van der Waals surface area contributed by atoms with Crippen LogP contribution in [-0.2, 0) is 16.2 Å². The van der Waals surface area contributed by atoms with E-state index < -0.39 is 0 Å². The van der Waals surface area contributed by atoms with E-state index in [9.17, 15) is 0 Å². The Morgan fingerprint density at radius 3 is 1.06 bits per heavy atom. The minimum Gasteiger partial charge on any atom is -0.0622 e. The molecule has 0 aromatic heterocycles. The first-order valence-electron chi connectivity index (χ1n) is 12.8. The fourth-order valence-electron chi connectivity index (χ4n) is 5.05. The molecule has 0 aliphatic carbocycles. The quantitative estimate of drug-likeness (QED) is 0.284. The molecule has 4 aromatic carbocycles. The lowest BCUT2D eigenvalue weighted by Gasteiger charge is -2.32. The van der Waals surface area contributed by atoms with Crippen LogP contribution >= 0.6 is 0 Å². The molecule has 0 fully saturated rings. The molecule has 0 aliphatic heterocycles. The van der Waals surface area contributed by atoms with Crippen LogP contribution in [0.1, 0.15) is 77.6 Å². The molecule has 0 spiro atoms. The Bertz CT molecular complexity index is 1190. The van der Waals surface area contributed by atoms with Crippen LogP contribution in [0.4, 0.5) is 0 Å². The van der Waals surface area contributed by atoms with E-state index in [1.54, 1.807) is 0 Å². The fourth-order valence-corrected chi connectivity index (χ4v) is 5.05. The van der Waals surface area contributed by atoms with Gasteiger partial charge in [-0.05, 0) is 67.5 Å². The Kier molecular flexibility index (Phi) is 6.54. The molecule has 0 atom stereocenters. The first-order valence-corrected chi connectivity index (χ1v) is 12.8. The highest BCUT2D eigenvalue weighted by atomic mass is 14.3. The van der Waals surface area contributed by atoms with Crippen molar-refractivity contribution in [2.45, 2.75) is 71.6 Å². The second kappa shape index (κ2) is 9.15. The molecule has 0 saturated heterocycles. The lowest BCUT2D eigenvalue weighted by molar-refractivity contribution is 0.586. The molecule has 4 rings (SSSR count). The third kappa shape index (κ3) is 5.13. The topological polar surface area (TPSA) is 0 Å². The summed E-state index contributed by atoms with van der Waals surface area (Å²) < 4.78 is 0. The maximum Gasteiger partial charge on any atom is 0.0147 e. The average Bonchev–Trinajstić information content (AvgIpc) is 2.83. The van der Waals surface area contributed by atoms with Crippen molar-refractivity contribution in [3.05, 3.63) is 119 Å². The smallest absolute Gasteiger partial charge is 0.0147 e. The van der Waals surface area contributed by atoms with Crippen LogP contribution in [0, 0.1) is 0 Å². The van der Waals surface area contributed by atoms with Crippen molar-refractivity contribution in [1.29, 1.82) is 0 Å². The van der Waals surface area contributed by atoms with E-state index in [1.807, 2.05) is 0 Å². The molecule has 0 aliphatic rings. The van der Waals surface area contributed by atoms with Crippen molar-refractivity contribution in [3.8, 4) is 22.3 Å². The standard InChI is InChI=1S/C35H40/c1-33(2,3)31-21-19-27(23-29(31)25-15-11-9-12-16-25)35(7,8)28-20-22-32(34(4,5)6)30(24-28)26-17-13-10-14-18-26/h9-24H,1-8H3. The average molecular weight is 461 g/mol. The van der Waals surface area contributed by atoms with Crippen molar-refractivity contribution in [2.24, 2.45) is 0 Å². The molecule has 0 amide bonds. The largest absolute Gasteiger partial charge is 0.0622 e. The SMILES string of the molecule is CC(C)(C)c1ccc(C(C)(C)c2ccc(C(C)(C)C)c(-c3ccccc3)c2)cc1-c1ccccc1. The Balaban J connectivity index is 1.89. The zero-order chi connectivity index (χ0) is 25.4. The zero-order valence-electron chi connectivity index (χ0n) is 22.7. The lowest BCUT2D eigenvalue weighted by atomic mass is 9.72. The normalized spacial score (nSPS) is 12.6. The molecule has 0 unspecified atom stereocenters. The van der Waals surface area contributed by atoms with Crippen molar-refractivity contribution in [1.82, 2.24) is 0 Å². The van der Waals surface area contributed by atoms with Gasteiger partial charge in [0.1, 0.15) is 0 Å². The predicted molar refractivity (Wildman–Crippen MR) is 153 cm³/mol. The van der Waals surface area contributed by atoms with E-state index in [2.05, 4.69) is 152 Å². The van der Waals surface area contributed by atoms with Crippen molar-refractivity contribution >= 4 is 0 Å². The molecule has 35 heavy (non-hydrogen) atoms. The first kappa shape index (κ1) is 25.0. The van der Waals surface area contributed by atoms with Crippen molar-refractivity contribution in [2.75, 3.05) is 0 Å². The van der Waals surface area contributed by atoms with Crippen LogP contribution in [0.2, 0.25) is 0 Å². The van der Waals surface area contributed by atoms with Gasteiger partial charge in [-0.1, -0.05) is 140 Å². The van der Waals surface area contributed by atoms with E-state index in [4.69, 9.17) is 0 Å². The van der Waals surface area contributed by atoms with Crippen LogP contribution in [-0.4, -0.2) is 0 Å². The van der Waals surface area contributed by atoms with Crippen LogP contribution in [0.3, 0.4) is 0 Å². The Morgan fingerprint density at radius 1 is 0.400 bits per heavy atom. The summed E-state index contributed by atoms with van der Waals surface area (Å²) >= 11 is 0. The molecule has 0 bridgehead atoms. The summed E-state index contributed by atoms with van der Waals surface area (Å²) in [6.45, 7) is 18.5. The summed E-state index contributed by atoms with van der Waals surface area (Å²) in [6.07, 6.45) is 0. The monoisotopic (exact) mass is 460 g/mol. The van der Waals surface area contributed by atoms with Gasteiger partial charge >= 0.3 is 0 Å². The van der Waals surface area contributed by atoms with E-state index in [0.717, 1.165) is 0 Å². The van der Waals surface area contributed by atoms with Gasteiger partial charge in [-0.3, -0.25) is 0 Å². The second-order valence-corrected chi connectivity index (χ2v) is 12.4. The third-order valence-corrected chi connectivity index (χ3v) is 7.27. The molecular formula is C35H40. The molecule has 0 heterocycles. The summed E-state index contributed by atoms with van der Waals surface area (Å²) in [5.74, 6) is 0. The minimum absolute atomic E-state index is 0.0721. The van der Waals surface area contributed by atoms with Crippen LogP contribution < -0.4 is 0 Å². The Morgan fingerprint density at radius 2 is 0.743 bits per heavy atom. The Labute approximate surface area is 213 Å². The molecular weight excluding hydrogens is 420 g/mol. The molecule has 0 N–H and O–H groups in total. The van der Waals surface area contributed by atoms with E-state index in [0.29, 0.717) is 0 Å². The number of benzene rings is 4. The van der Waals surface area contributed by atoms with Crippen LogP contribution in [0.25, 0.3) is 22.3 Å². The highest BCUT2D eigenvalue weighted by Gasteiger charge is 2.28. The lowest BCUT2D eigenvalue weighted by Crippen LogP contribution is -2.22. The van der Waals surface area contributed by atoms with Gasteiger partial charge in [-0.15, -0.1) is 0 Å². The highest BCUT2D eigenvalue weighted by molar-refractivity contribution is 5.72. The van der Waals surface area contributed by atoms with E-state index in [1.165, 1.54) is 44.5 Å². The van der Waals surface area contributed by atoms with E-state index in [-0.39, 0.29) is 16.2 Å². The maximum atomic E-state index is 2.43. The van der Waals surface area contributed by atoms with Gasteiger partial charge in [0.2, 0.25) is 0 Å². The molecule has 4 aromatic rings. The van der Waals surface area contributed by atoms with Gasteiger partial charge in [-0.2, -0.15) is 0 Å². The highest BCUT2D eigenvalue weighted by Crippen LogP contribution is 2.41. The van der Waals surface area contributed by atoms with Crippen molar-refractivity contribution in [3.63, 3.8) is 0 Å². The van der Waals surface area contributed by atoms with Gasteiger partial charge in [0.05, 0.1) is 0 Å². The fraction of sp³-hybridized carbons (Fsp3) is 0.314. The van der Waals surface area contributed by atoms with Gasteiger partial charge in [0.15, 0.2) is 0 Å². The van der Waals surface area contributed by atoms with Crippen LogP contribution in [0.15, 0.2) is 97.1 Å². The zero-order valence-corrected chi connectivity index (χ0v) is 22.7. The summed E-state index contributed by atoms with van der Waals surface area (Å²) in [7, 11) is 0. The Hall–Kier alpha value is -3.12. The molecule has 0 radical (unpaired) electrons. The van der Waals surface area contributed by atoms with Gasteiger partial charge in [-0.25, -0.2) is 0 Å². The summed E-state index contributed by atoms with van der Waals surface area (Å²) in [6, 6.07) is 35.9. The molecule has 0 heteroatoms. The van der Waals surface area contributed by atoms with Gasteiger partial charge in [0, 0.05) is 5.41 Å². The molecule has 0 saturated carbocycles. The second-order valence-electron chi connectivity index (χ2n) is 12.4. The number of rotatable bonds is 4.